The zero-order chi connectivity index (χ0) is 13.8. The highest BCUT2D eigenvalue weighted by Crippen LogP contribution is 2.18. The Morgan fingerprint density at radius 3 is 2.68 bits per heavy atom. The second-order valence-electron chi connectivity index (χ2n) is 4.42. The third kappa shape index (κ3) is 3.25. The quantitative estimate of drug-likeness (QED) is 0.786. The van der Waals surface area contributed by atoms with Crippen molar-refractivity contribution in [3.05, 3.63) is 59.2 Å². The zero-order valence-electron chi connectivity index (χ0n) is 10.7. The molecule has 0 atom stereocenters. The molecular formula is C15H16N2O2. The molecule has 98 valence electrons. The number of anilines is 1. The van der Waals surface area contributed by atoms with Crippen molar-refractivity contribution >= 4 is 11.6 Å². The van der Waals surface area contributed by atoms with E-state index >= 15 is 0 Å². The number of hydrogen-bond donors (Lipinski definition) is 3. The van der Waals surface area contributed by atoms with Gasteiger partial charge in [0.2, 0.25) is 5.91 Å². The number of carbonyl (C=O) groups is 1. The van der Waals surface area contributed by atoms with Gasteiger partial charge in [0.1, 0.15) is 5.75 Å². The maximum absolute atomic E-state index is 11.1. The number of amides is 1. The highest BCUT2D eigenvalue weighted by Gasteiger charge is 2.04. The van der Waals surface area contributed by atoms with E-state index in [-0.39, 0.29) is 5.75 Å². The Kier molecular flexibility index (Phi) is 3.71. The maximum Gasteiger partial charge on any atom is 0.248 e. The van der Waals surface area contributed by atoms with Crippen LogP contribution in [0.1, 0.15) is 21.5 Å². The number of benzene rings is 2. The van der Waals surface area contributed by atoms with Gasteiger partial charge in [-0.2, -0.15) is 0 Å². The molecule has 2 aromatic rings. The minimum absolute atomic E-state index is 0.250. The van der Waals surface area contributed by atoms with Crippen molar-refractivity contribution in [1.29, 1.82) is 0 Å². The van der Waals surface area contributed by atoms with E-state index in [0.717, 1.165) is 16.8 Å². The van der Waals surface area contributed by atoms with Gasteiger partial charge in [0.25, 0.3) is 0 Å². The van der Waals surface area contributed by atoms with Gasteiger partial charge in [-0.1, -0.05) is 12.1 Å². The number of carbonyl (C=O) groups excluding carboxylic acids is 1. The second-order valence-corrected chi connectivity index (χ2v) is 4.42. The van der Waals surface area contributed by atoms with Crippen molar-refractivity contribution in [1.82, 2.24) is 0 Å². The maximum atomic E-state index is 11.1. The summed E-state index contributed by atoms with van der Waals surface area (Å²) in [7, 11) is 0. The Labute approximate surface area is 111 Å². The van der Waals surface area contributed by atoms with Crippen molar-refractivity contribution in [2.45, 2.75) is 13.5 Å². The van der Waals surface area contributed by atoms with E-state index in [0.29, 0.717) is 12.1 Å². The van der Waals surface area contributed by atoms with E-state index in [9.17, 15) is 9.90 Å². The van der Waals surface area contributed by atoms with Crippen LogP contribution in [-0.4, -0.2) is 11.0 Å². The second kappa shape index (κ2) is 5.44. The lowest BCUT2D eigenvalue weighted by atomic mass is 10.1. The fourth-order valence-electron chi connectivity index (χ4n) is 1.88. The number of rotatable bonds is 4. The van der Waals surface area contributed by atoms with Crippen LogP contribution in [0.25, 0.3) is 0 Å². The highest BCUT2D eigenvalue weighted by atomic mass is 16.3. The average Bonchev–Trinajstić information content (AvgIpc) is 2.37. The van der Waals surface area contributed by atoms with Crippen LogP contribution < -0.4 is 11.1 Å². The Bertz CT molecular complexity index is 609. The predicted octanol–water partition coefficient (Wildman–Crippen LogP) is 2.41. The Morgan fingerprint density at radius 2 is 2.05 bits per heavy atom. The smallest absolute Gasteiger partial charge is 0.248 e. The molecule has 4 N–H and O–H groups in total. The number of primary amides is 1. The van der Waals surface area contributed by atoms with Crippen LogP contribution in [0.4, 0.5) is 5.69 Å². The van der Waals surface area contributed by atoms with E-state index in [4.69, 9.17) is 5.73 Å². The molecule has 0 aliphatic carbocycles. The first-order valence-electron chi connectivity index (χ1n) is 5.98. The van der Waals surface area contributed by atoms with Gasteiger partial charge in [-0.15, -0.1) is 0 Å². The van der Waals surface area contributed by atoms with Crippen molar-refractivity contribution in [3.8, 4) is 5.75 Å². The van der Waals surface area contributed by atoms with Crippen LogP contribution in [0.3, 0.4) is 0 Å². The van der Waals surface area contributed by atoms with Gasteiger partial charge in [-0.25, -0.2) is 0 Å². The lowest BCUT2D eigenvalue weighted by Crippen LogP contribution is -2.11. The molecule has 0 spiro atoms. The highest BCUT2D eigenvalue weighted by molar-refractivity contribution is 5.93. The third-order valence-electron chi connectivity index (χ3n) is 2.90. The number of aryl methyl sites for hydroxylation is 1. The molecule has 0 fully saturated rings. The van der Waals surface area contributed by atoms with Crippen molar-refractivity contribution < 1.29 is 9.90 Å². The lowest BCUT2D eigenvalue weighted by molar-refractivity contribution is 0.1000. The van der Waals surface area contributed by atoms with E-state index in [1.165, 1.54) is 0 Å². The van der Waals surface area contributed by atoms with Gasteiger partial charge in [-0.05, 0) is 48.4 Å². The predicted molar refractivity (Wildman–Crippen MR) is 75.1 cm³/mol. The fourth-order valence-corrected chi connectivity index (χ4v) is 1.88. The normalized spacial score (nSPS) is 10.2. The van der Waals surface area contributed by atoms with Gasteiger partial charge in [-0.3, -0.25) is 4.79 Å². The molecule has 0 saturated heterocycles. The molecule has 0 unspecified atom stereocenters. The summed E-state index contributed by atoms with van der Waals surface area (Å²) in [6, 6.07) is 12.4. The summed E-state index contributed by atoms with van der Waals surface area (Å²) in [5.41, 5.74) is 8.61. The molecule has 0 heterocycles. The first-order chi connectivity index (χ1) is 9.06. The number of nitrogens with one attached hydrogen (secondary N) is 1. The summed E-state index contributed by atoms with van der Waals surface area (Å²) in [4.78, 5) is 11.1. The van der Waals surface area contributed by atoms with Crippen LogP contribution in [0.2, 0.25) is 0 Å². The summed E-state index contributed by atoms with van der Waals surface area (Å²) in [5.74, 6) is -0.178. The first kappa shape index (κ1) is 13.0. The Morgan fingerprint density at radius 1 is 1.26 bits per heavy atom. The molecule has 0 aromatic heterocycles. The van der Waals surface area contributed by atoms with Gasteiger partial charge >= 0.3 is 0 Å². The van der Waals surface area contributed by atoms with Crippen LogP contribution >= 0.6 is 0 Å². The van der Waals surface area contributed by atoms with Gasteiger partial charge in [0.05, 0.1) is 0 Å². The SMILES string of the molecule is Cc1cc(C(N)=O)ccc1NCc1cccc(O)c1. The molecule has 0 saturated carbocycles. The molecule has 4 nitrogen and oxygen atoms in total. The summed E-state index contributed by atoms with van der Waals surface area (Å²) in [6.07, 6.45) is 0. The molecule has 0 bridgehead atoms. The van der Waals surface area contributed by atoms with Crippen LogP contribution in [-0.2, 0) is 6.54 Å². The standard InChI is InChI=1S/C15H16N2O2/c1-10-7-12(15(16)19)5-6-14(10)17-9-11-3-2-4-13(18)8-11/h2-8,17-18H,9H2,1H3,(H2,16,19). The van der Waals surface area contributed by atoms with E-state index in [2.05, 4.69) is 5.32 Å². The average molecular weight is 256 g/mol. The van der Waals surface area contributed by atoms with Crippen LogP contribution in [0.15, 0.2) is 42.5 Å². The molecule has 1 amide bonds. The monoisotopic (exact) mass is 256 g/mol. The Hall–Kier alpha value is -2.49. The molecule has 0 aliphatic heterocycles. The number of phenols is 1. The fraction of sp³-hybridized carbons (Fsp3) is 0.133. The summed E-state index contributed by atoms with van der Waals surface area (Å²) < 4.78 is 0. The van der Waals surface area contributed by atoms with Gasteiger partial charge in [0, 0.05) is 17.8 Å². The largest absolute Gasteiger partial charge is 0.508 e. The minimum Gasteiger partial charge on any atom is -0.508 e. The summed E-state index contributed by atoms with van der Waals surface area (Å²) in [6.45, 7) is 2.52. The third-order valence-corrected chi connectivity index (χ3v) is 2.90. The molecule has 4 heteroatoms. The summed E-state index contributed by atoms with van der Waals surface area (Å²) >= 11 is 0. The van der Waals surface area contributed by atoms with Crippen LogP contribution in [0, 0.1) is 6.92 Å². The summed E-state index contributed by atoms with van der Waals surface area (Å²) in [5, 5.41) is 12.6. The van der Waals surface area contributed by atoms with Gasteiger partial charge in [0.15, 0.2) is 0 Å². The number of phenolic OH excluding ortho intramolecular Hbond substituents is 1. The lowest BCUT2D eigenvalue weighted by Gasteiger charge is -2.10. The Balaban J connectivity index is 2.10. The molecular weight excluding hydrogens is 240 g/mol. The minimum atomic E-state index is -0.428. The van der Waals surface area contributed by atoms with Crippen molar-refractivity contribution in [3.63, 3.8) is 0 Å². The topological polar surface area (TPSA) is 75.4 Å². The van der Waals surface area contributed by atoms with Gasteiger partial charge < -0.3 is 16.2 Å². The molecule has 0 radical (unpaired) electrons. The zero-order valence-corrected chi connectivity index (χ0v) is 10.7. The molecule has 2 aromatic carbocycles. The number of aromatic hydroxyl groups is 1. The molecule has 19 heavy (non-hydrogen) atoms. The van der Waals surface area contributed by atoms with Crippen molar-refractivity contribution in [2.75, 3.05) is 5.32 Å². The van der Waals surface area contributed by atoms with Crippen LogP contribution in [0.5, 0.6) is 5.75 Å². The first-order valence-corrected chi connectivity index (χ1v) is 5.98. The number of hydrogen-bond acceptors (Lipinski definition) is 3. The van der Waals surface area contributed by atoms with E-state index in [1.807, 2.05) is 19.1 Å². The number of nitrogens with two attached hydrogens (primary N) is 1. The van der Waals surface area contributed by atoms with Crippen molar-refractivity contribution in [2.24, 2.45) is 5.73 Å². The van der Waals surface area contributed by atoms with E-state index in [1.54, 1.807) is 30.3 Å². The van der Waals surface area contributed by atoms with E-state index < -0.39 is 5.91 Å². The molecule has 2 rings (SSSR count). The molecule has 0 aliphatic rings.